The predicted molar refractivity (Wildman–Crippen MR) is 113 cm³/mol. The summed E-state index contributed by atoms with van der Waals surface area (Å²) in [5, 5.41) is 7.32. The average molecular weight is 414 g/mol. The average Bonchev–Trinajstić information content (AvgIpc) is 3.41. The van der Waals surface area contributed by atoms with E-state index in [0.29, 0.717) is 19.8 Å². The summed E-state index contributed by atoms with van der Waals surface area (Å²) in [6.45, 7) is 2.59. The zero-order chi connectivity index (χ0) is 20.8. The van der Waals surface area contributed by atoms with Crippen LogP contribution in [0.5, 0.6) is 0 Å². The van der Waals surface area contributed by atoms with E-state index in [4.69, 9.17) is 14.0 Å². The highest BCUT2D eigenvalue weighted by molar-refractivity contribution is 5.78. The third-order valence-corrected chi connectivity index (χ3v) is 5.93. The van der Waals surface area contributed by atoms with Gasteiger partial charge in [0.2, 0.25) is 5.91 Å². The van der Waals surface area contributed by atoms with Gasteiger partial charge in [0.25, 0.3) is 0 Å². The highest BCUT2D eigenvalue weighted by Crippen LogP contribution is 2.35. The summed E-state index contributed by atoms with van der Waals surface area (Å²) in [5.41, 5.74) is 1.92. The minimum atomic E-state index is -0.376. The third kappa shape index (κ3) is 5.47. The fourth-order valence-corrected chi connectivity index (χ4v) is 4.28. The van der Waals surface area contributed by atoms with Gasteiger partial charge < -0.3 is 19.3 Å². The summed E-state index contributed by atoms with van der Waals surface area (Å²) >= 11 is 0. The van der Waals surface area contributed by atoms with Crippen LogP contribution in [0.25, 0.3) is 11.3 Å². The van der Waals surface area contributed by atoms with Gasteiger partial charge in [0.15, 0.2) is 5.79 Å². The van der Waals surface area contributed by atoms with Gasteiger partial charge in [0.05, 0.1) is 19.8 Å². The molecule has 0 radical (unpaired) electrons. The van der Waals surface area contributed by atoms with E-state index in [-0.39, 0.29) is 17.7 Å². The lowest BCUT2D eigenvalue weighted by molar-refractivity contribution is -0.180. The Morgan fingerprint density at radius 3 is 2.67 bits per heavy atom. The molecule has 7 nitrogen and oxygen atoms in total. The summed E-state index contributed by atoms with van der Waals surface area (Å²) in [6, 6.07) is 12.2. The van der Waals surface area contributed by atoms with Crippen molar-refractivity contribution in [1.82, 2.24) is 15.4 Å². The fourth-order valence-electron chi connectivity index (χ4n) is 4.28. The van der Waals surface area contributed by atoms with E-state index >= 15 is 0 Å². The quantitative estimate of drug-likeness (QED) is 0.717. The largest absolute Gasteiger partial charge is 0.361 e. The first-order valence-electron chi connectivity index (χ1n) is 10.9. The molecule has 0 unspecified atom stereocenters. The van der Waals surface area contributed by atoms with Crippen molar-refractivity contribution in [1.29, 1.82) is 0 Å². The molecular weight excluding hydrogens is 382 g/mol. The van der Waals surface area contributed by atoms with Gasteiger partial charge in [-0.1, -0.05) is 35.5 Å². The van der Waals surface area contributed by atoms with Gasteiger partial charge in [-0.05, 0) is 32.9 Å². The molecule has 4 rings (SSSR count). The number of carbonyl (C=O) groups is 1. The van der Waals surface area contributed by atoms with Gasteiger partial charge in [-0.2, -0.15) is 0 Å². The van der Waals surface area contributed by atoms with Crippen molar-refractivity contribution in [3.05, 3.63) is 42.2 Å². The number of carbonyl (C=O) groups excluding carboxylic acids is 1. The second-order valence-corrected chi connectivity index (χ2v) is 8.34. The lowest BCUT2D eigenvalue weighted by Crippen LogP contribution is -2.46. The number of aryl methyl sites for hydroxylation is 1. The summed E-state index contributed by atoms with van der Waals surface area (Å²) in [6.07, 6.45) is 5.24. The maximum absolute atomic E-state index is 12.4. The number of nitrogens with one attached hydrogen (secondary N) is 1. The Labute approximate surface area is 177 Å². The minimum absolute atomic E-state index is 0.0812. The van der Waals surface area contributed by atoms with Gasteiger partial charge in [-0.3, -0.25) is 9.69 Å². The van der Waals surface area contributed by atoms with Gasteiger partial charge in [0.1, 0.15) is 11.5 Å². The smallest absolute Gasteiger partial charge is 0.234 e. The molecule has 30 heavy (non-hydrogen) atoms. The number of benzene rings is 1. The van der Waals surface area contributed by atoms with E-state index in [1.165, 1.54) is 0 Å². The van der Waals surface area contributed by atoms with Crippen LogP contribution in [0.2, 0.25) is 0 Å². The minimum Gasteiger partial charge on any atom is -0.361 e. The molecule has 162 valence electrons. The number of rotatable bonds is 8. The molecule has 1 aromatic heterocycles. The van der Waals surface area contributed by atoms with Crippen molar-refractivity contribution >= 4 is 5.91 Å². The molecule has 1 aliphatic carbocycles. The summed E-state index contributed by atoms with van der Waals surface area (Å²) in [7, 11) is 1.98. The van der Waals surface area contributed by atoms with Crippen LogP contribution in [-0.4, -0.2) is 61.1 Å². The van der Waals surface area contributed by atoms with Crippen LogP contribution in [0, 0.1) is 0 Å². The summed E-state index contributed by atoms with van der Waals surface area (Å²) < 4.78 is 17.0. The molecule has 7 heteroatoms. The normalized spacial score (nSPS) is 18.9. The first-order valence-corrected chi connectivity index (χ1v) is 10.9. The Balaban J connectivity index is 1.13. The SMILES string of the molecule is CN(CCCc1cc(-c2ccccc2)no1)CC(=O)NC1CCC2(CC1)OCCO2. The second kappa shape index (κ2) is 9.73. The summed E-state index contributed by atoms with van der Waals surface area (Å²) in [4.78, 5) is 14.4. The lowest BCUT2D eigenvalue weighted by atomic mass is 9.90. The van der Waals surface area contributed by atoms with Crippen molar-refractivity contribution in [3.8, 4) is 11.3 Å². The Morgan fingerprint density at radius 1 is 1.20 bits per heavy atom. The number of aromatic nitrogens is 1. The molecule has 2 heterocycles. The fraction of sp³-hybridized carbons (Fsp3) is 0.565. The number of amides is 1. The highest BCUT2D eigenvalue weighted by atomic mass is 16.7. The van der Waals surface area contributed by atoms with Gasteiger partial charge in [0, 0.05) is 36.9 Å². The van der Waals surface area contributed by atoms with Crippen LogP contribution in [0.4, 0.5) is 0 Å². The topological polar surface area (TPSA) is 76.8 Å². The van der Waals surface area contributed by atoms with Gasteiger partial charge in [-0.15, -0.1) is 0 Å². The molecule has 1 saturated carbocycles. The molecule has 2 fully saturated rings. The van der Waals surface area contributed by atoms with Gasteiger partial charge in [-0.25, -0.2) is 0 Å². The van der Waals surface area contributed by atoms with E-state index in [9.17, 15) is 4.79 Å². The number of hydrogen-bond acceptors (Lipinski definition) is 6. The molecule has 1 amide bonds. The maximum atomic E-state index is 12.4. The van der Waals surface area contributed by atoms with Crippen LogP contribution in [-0.2, 0) is 20.7 Å². The van der Waals surface area contributed by atoms with E-state index in [1.807, 2.05) is 43.4 Å². The molecule has 1 aliphatic heterocycles. The van der Waals surface area contributed by atoms with E-state index in [0.717, 1.165) is 62.1 Å². The summed E-state index contributed by atoms with van der Waals surface area (Å²) in [5.74, 6) is 0.580. The zero-order valence-electron chi connectivity index (χ0n) is 17.6. The van der Waals surface area contributed by atoms with Crippen molar-refractivity contribution in [3.63, 3.8) is 0 Å². The molecule has 2 aromatic rings. The third-order valence-electron chi connectivity index (χ3n) is 5.93. The zero-order valence-corrected chi connectivity index (χ0v) is 17.6. The first-order chi connectivity index (χ1) is 14.6. The standard InChI is InChI=1S/C23H31N3O4/c1-26(13-5-8-20-16-21(25-30-20)18-6-3-2-4-7-18)17-22(27)24-19-9-11-23(12-10-19)28-14-15-29-23/h2-4,6-7,16,19H,5,8-15,17H2,1H3,(H,24,27). The number of likely N-dealkylation sites (N-methyl/N-ethyl adjacent to an activating group) is 1. The molecule has 0 atom stereocenters. The monoisotopic (exact) mass is 413 g/mol. The molecule has 0 bridgehead atoms. The number of ether oxygens (including phenoxy) is 2. The molecule has 1 saturated heterocycles. The number of nitrogens with zero attached hydrogens (tertiary/aromatic N) is 2. The molecule has 1 N–H and O–H groups in total. The van der Waals surface area contributed by atoms with E-state index in [1.54, 1.807) is 0 Å². The van der Waals surface area contributed by atoms with Crippen molar-refractivity contribution < 1.29 is 18.8 Å². The Bertz CT molecular complexity index is 807. The highest BCUT2D eigenvalue weighted by Gasteiger charge is 2.40. The number of hydrogen-bond donors (Lipinski definition) is 1. The van der Waals surface area contributed by atoms with Crippen LogP contribution in [0.15, 0.2) is 40.9 Å². The van der Waals surface area contributed by atoms with E-state index in [2.05, 4.69) is 15.4 Å². The van der Waals surface area contributed by atoms with Gasteiger partial charge >= 0.3 is 0 Å². The van der Waals surface area contributed by atoms with Crippen molar-refractivity contribution in [2.75, 3.05) is 33.4 Å². The van der Waals surface area contributed by atoms with Crippen molar-refractivity contribution in [2.24, 2.45) is 0 Å². The predicted octanol–water partition coefficient (Wildman–Crippen LogP) is 3.01. The van der Waals surface area contributed by atoms with Crippen molar-refractivity contribution in [2.45, 2.75) is 50.4 Å². The first kappa shape index (κ1) is 21.0. The lowest BCUT2D eigenvalue weighted by Gasteiger charge is -2.35. The molecule has 2 aliphatic rings. The van der Waals surface area contributed by atoms with E-state index < -0.39 is 0 Å². The Morgan fingerprint density at radius 2 is 1.93 bits per heavy atom. The van der Waals surface area contributed by atoms with Crippen LogP contribution in [0.1, 0.15) is 37.9 Å². The Hall–Kier alpha value is -2.22. The molecule has 1 aromatic carbocycles. The van der Waals surface area contributed by atoms with Crippen LogP contribution in [0.3, 0.4) is 0 Å². The molecular formula is C23H31N3O4. The second-order valence-electron chi connectivity index (χ2n) is 8.34. The van der Waals surface area contributed by atoms with Crippen LogP contribution >= 0.6 is 0 Å². The maximum Gasteiger partial charge on any atom is 0.234 e. The van der Waals surface area contributed by atoms with Crippen LogP contribution < -0.4 is 5.32 Å². The Kier molecular flexibility index (Phi) is 6.82. The molecule has 1 spiro atoms.